The molecule has 0 saturated carbocycles. The van der Waals surface area contributed by atoms with E-state index in [0.29, 0.717) is 18.0 Å². The largest absolute Gasteiger partial charge is 0.422 e. The van der Waals surface area contributed by atoms with Gasteiger partial charge in [-0.05, 0) is 27.6 Å². The predicted molar refractivity (Wildman–Crippen MR) is 68.8 cm³/mol. The average molecular weight is 289 g/mol. The van der Waals surface area contributed by atoms with Gasteiger partial charge in [0.05, 0.1) is 0 Å². The van der Waals surface area contributed by atoms with Gasteiger partial charge in [0, 0.05) is 17.1 Å². The van der Waals surface area contributed by atoms with Gasteiger partial charge in [0.1, 0.15) is 5.52 Å². The first-order valence-corrected chi connectivity index (χ1v) is 6.05. The molecule has 0 atom stereocenters. The van der Waals surface area contributed by atoms with Gasteiger partial charge in [0.2, 0.25) is 11.6 Å². The number of hydrogen-bond donors (Lipinski definition) is 0. The number of nitrogens with zero attached hydrogens (tertiary/aromatic N) is 2. The maximum atomic E-state index is 5.58. The molecule has 0 saturated heterocycles. The van der Waals surface area contributed by atoms with Gasteiger partial charge in [-0.3, -0.25) is 0 Å². The first-order valence-electron chi connectivity index (χ1n) is 5.26. The summed E-state index contributed by atoms with van der Waals surface area (Å²) >= 11 is 3.36. The van der Waals surface area contributed by atoms with Crippen LogP contribution in [0.25, 0.3) is 11.2 Å². The number of fused-ring (bicyclic) bond motifs is 1. The molecule has 2 aromatic heterocycles. The van der Waals surface area contributed by atoms with Crippen molar-refractivity contribution in [3.05, 3.63) is 58.5 Å². The van der Waals surface area contributed by atoms with E-state index in [1.165, 1.54) is 5.56 Å². The molecule has 3 nitrogen and oxygen atoms in total. The summed E-state index contributed by atoms with van der Waals surface area (Å²) in [5.41, 5.74) is 2.54. The zero-order chi connectivity index (χ0) is 11.7. The zero-order valence-corrected chi connectivity index (χ0v) is 10.5. The summed E-state index contributed by atoms with van der Waals surface area (Å²) in [5.74, 6) is 0.691. The fraction of sp³-hybridized carbons (Fsp3) is 0.0769. The number of aromatic nitrogens is 2. The lowest BCUT2D eigenvalue weighted by Crippen LogP contribution is -1.86. The molecule has 0 aliphatic carbocycles. The first kappa shape index (κ1) is 10.5. The van der Waals surface area contributed by atoms with E-state index in [-0.39, 0.29) is 0 Å². The van der Waals surface area contributed by atoms with Crippen molar-refractivity contribution in [3.63, 3.8) is 0 Å². The van der Waals surface area contributed by atoms with Crippen LogP contribution in [0.2, 0.25) is 0 Å². The molecule has 17 heavy (non-hydrogen) atoms. The van der Waals surface area contributed by atoms with Gasteiger partial charge in [-0.15, -0.1) is 0 Å². The topological polar surface area (TPSA) is 38.9 Å². The van der Waals surface area contributed by atoms with E-state index < -0.39 is 0 Å². The Morgan fingerprint density at radius 3 is 2.82 bits per heavy atom. The minimum Gasteiger partial charge on any atom is -0.422 e. The van der Waals surface area contributed by atoms with Crippen LogP contribution in [0.4, 0.5) is 0 Å². The van der Waals surface area contributed by atoms with Crippen LogP contribution >= 0.6 is 15.9 Å². The Labute approximate surface area is 107 Å². The van der Waals surface area contributed by atoms with Crippen LogP contribution in [-0.4, -0.2) is 9.97 Å². The Kier molecular flexibility index (Phi) is 2.65. The predicted octanol–water partition coefficient (Wildman–Crippen LogP) is 3.58. The molecule has 2 heterocycles. The first-order chi connectivity index (χ1) is 8.31. The second-order valence-electron chi connectivity index (χ2n) is 3.75. The molecule has 0 radical (unpaired) electrons. The van der Waals surface area contributed by atoms with Gasteiger partial charge in [0.15, 0.2) is 0 Å². The highest BCUT2D eigenvalue weighted by molar-refractivity contribution is 9.10. The van der Waals surface area contributed by atoms with E-state index in [4.69, 9.17) is 4.42 Å². The normalized spacial score (nSPS) is 10.9. The van der Waals surface area contributed by atoms with Gasteiger partial charge in [-0.1, -0.05) is 30.3 Å². The molecule has 0 amide bonds. The second kappa shape index (κ2) is 4.30. The Hall–Kier alpha value is -1.68. The fourth-order valence-electron chi connectivity index (χ4n) is 1.69. The van der Waals surface area contributed by atoms with Crippen LogP contribution in [0.1, 0.15) is 11.5 Å². The van der Waals surface area contributed by atoms with E-state index >= 15 is 0 Å². The van der Waals surface area contributed by atoms with E-state index in [1.807, 2.05) is 24.3 Å². The lowest BCUT2D eigenvalue weighted by atomic mass is 10.1. The molecule has 0 aliphatic rings. The van der Waals surface area contributed by atoms with E-state index in [0.717, 1.165) is 9.99 Å². The monoisotopic (exact) mass is 288 g/mol. The van der Waals surface area contributed by atoms with Crippen molar-refractivity contribution in [3.8, 4) is 0 Å². The highest BCUT2D eigenvalue weighted by Crippen LogP contribution is 2.19. The lowest BCUT2D eigenvalue weighted by molar-refractivity contribution is 0.535. The quantitative estimate of drug-likeness (QED) is 0.724. The number of pyridine rings is 1. The van der Waals surface area contributed by atoms with Crippen molar-refractivity contribution in [2.75, 3.05) is 0 Å². The summed E-state index contributed by atoms with van der Waals surface area (Å²) in [5, 5.41) is 0. The summed E-state index contributed by atoms with van der Waals surface area (Å²) < 4.78 is 6.49. The third-order valence-electron chi connectivity index (χ3n) is 2.46. The minimum atomic E-state index is 0.583. The molecule has 0 bridgehead atoms. The van der Waals surface area contributed by atoms with Crippen LogP contribution in [-0.2, 0) is 6.42 Å². The minimum absolute atomic E-state index is 0.583. The number of hydrogen-bond acceptors (Lipinski definition) is 3. The molecule has 1 aromatic carbocycles. The van der Waals surface area contributed by atoms with Crippen molar-refractivity contribution in [2.24, 2.45) is 0 Å². The summed E-state index contributed by atoms with van der Waals surface area (Å²) in [7, 11) is 0. The van der Waals surface area contributed by atoms with Crippen LogP contribution in [0.15, 0.2) is 51.5 Å². The zero-order valence-electron chi connectivity index (χ0n) is 8.93. The molecule has 0 unspecified atom stereocenters. The Balaban J connectivity index is 1.96. The van der Waals surface area contributed by atoms with E-state index in [9.17, 15) is 0 Å². The summed E-state index contributed by atoms with van der Waals surface area (Å²) in [6.45, 7) is 0. The van der Waals surface area contributed by atoms with Crippen LogP contribution in [0.5, 0.6) is 0 Å². The molecule has 4 heteroatoms. The van der Waals surface area contributed by atoms with Crippen LogP contribution < -0.4 is 0 Å². The molecular weight excluding hydrogens is 280 g/mol. The molecular formula is C13H9BrN2O. The van der Waals surface area contributed by atoms with Gasteiger partial charge >= 0.3 is 0 Å². The van der Waals surface area contributed by atoms with Crippen molar-refractivity contribution < 1.29 is 4.42 Å². The molecule has 0 N–H and O–H groups in total. The Bertz CT molecular complexity index is 649. The third-order valence-corrected chi connectivity index (χ3v) is 2.89. The van der Waals surface area contributed by atoms with Gasteiger partial charge < -0.3 is 4.42 Å². The standard InChI is InChI=1S/C13H9BrN2O/c14-10-7-11-13(15-8-10)17-12(16-11)6-9-4-2-1-3-5-9/h1-5,7-8H,6H2. The van der Waals surface area contributed by atoms with E-state index in [2.05, 4.69) is 38.0 Å². The number of benzene rings is 1. The van der Waals surface area contributed by atoms with Gasteiger partial charge in [-0.2, -0.15) is 0 Å². The SMILES string of the molecule is Brc1cnc2oc(Cc3ccccc3)nc2c1. The van der Waals surface area contributed by atoms with Gasteiger partial charge in [-0.25, -0.2) is 9.97 Å². The molecule has 0 spiro atoms. The van der Waals surface area contributed by atoms with Crippen molar-refractivity contribution in [1.29, 1.82) is 0 Å². The molecule has 3 aromatic rings. The highest BCUT2D eigenvalue weighted by atomic mass is 79.9. The molecule has 0 aliphatic heterocycles. The maximum absolute atomic E-state index is 5.58. The summed E-state index contributed by atoms with van der Waals surface area (Å²) in [4.78, 5) is 8.58. The van der Waals surface area contributed by atoms with Crippen molar-refractivity contribution in [1.82, 2.24) is 9.97 Å². The Morgan fingerprint density at radius 2 is 2.00 bits per heavy atom. The maximum Gasteiger partial charge on any atom is 0.247 e. The van der Waals surface area contributed by atoms with Crippen LogP contribution in [0, 0.1) is 0 Å². The fourth-order valence-corrected chi connectivity index (χ4v) is 2.01. The van der Waals surface area contributed by atoms with E-state index in [1.54, 1.807) is 6.20 Å². The van der Waals surface area contributed by atoms with Crippen molar-refractivity contribution >= 4 is 27.2 Å². The molecule has 84 valence electrons. The Morgan fingerprint density at radius 1 is 1.18 bits per heavy atom. The van der Waals surface area contributed by atoms with Crippen molar-refractivity contribution in [2.45, 2.75) is 6.42 Å². The number of oxazole rings is 1. The summed E-state index contributed by atoms with van der Waals surface area (Å²) in [6, 6.07) is 12.0. The second-order valence-corrected chi connectivity index (χ2v) is 4.66. The highest BCUT2D eigenvalue weighted by Gasteiger charge is 2.07. The smallest absolute Gasteiger partial charge is 0.247 e. The molecule has 3 rings (SSSR count). The van der Waals surface area contributed by atoms with Gasteiger partial charge in [0.25, 0.3) is 0 Å². The number of rotatable bonds is 2. The third kappa shape index (κ3) is 2.22. The molecule has 0 fully saturated rings. The summed E-state index contributed by atoms with van der Waals surface area (Å²) in [6.07, 6.45) is 2.40. The average Bonchev–Trinajstić information content (AvgIpc) is 2.71. The van der Waals surface area contributed by atoms with Crippen LogP contribution in [0.3, 0.4) is 0 Å². The number of halogens is 1. The lowest BCUT2D eigenvalue weighted by Gasteiger charge is -1.94.